The summed E-state index contributed by atoms with van der Waals surface area (Å²) in [6.07, 6.45) is 16.6. The molecule has 3 heteroatoms. The Kier molecular flexibility index (Phi) is 8.89. The molecule has 0 aromatic heterocycles. The average Bonchev–Trinajstić information content (AvgIpc) is 2.73. The van der Waals surface area contributed by atoms with Gasteiger partial charge in [0.1, 0.15) is 0 Å². The van der Waals surface area contributed by atoms with Crippen molar-refractivity contribution in [1.82, 2.24) is 0 Å². The van der Waals surface area contributed by atoms with Crippen LogP contribution in [0.2, 0.25) is 0 Å². The Morgan fingerprint density at radius 3 is 2.32 bits per heavy atom. The second kappa shape index (κ2) is 11.4. The van der Waals surface area contributed by atoms with Crippen LogP contribution in [0.4, 0.5) is 4.39 Å². The molecule has 0 N–H and O–H groups in total. The van der Waals surface area contributed by atoms with E-state index in [9.17, 15) is 4.39 Å². The highest BCUT2D eigenvalue weighted by atomic mass is 79.9. The molecule has 0 heterocycles. The molecule has 0 atom stereocenters. The highest BCUT2D eigenvalue weighted by molar-refractivity contribution is 9.11. The van der Waals surface area contributed by atoms with Crippen LogP contribution in [0.25, 0.3) is 0 Å². The van der Waals surface area contributed by atoms with E-state index in [0.29, 0.717) is 12.4 Å². The van der Waals surface area contributed by atoms with Gasteiger partial charge in [0.15, 0.2) is 11.6 Å². The van der Waals surface area contributed by atoms with E-state index in [2.05, 4.69) is 22.0 Å². The lowest BCUT2D eigenvalue weighted by molar-refractivity contribution is 0.153. The zero-order valence-electron chi connectivity index (χ0n) is 17.3. The van der Waals surface area contributed by atoms with Crippen molar-refractivity contribution >= 4 is 15.9 Å². The van der Waals surface area contributed by atoms with Gasteiger partial charge in [0.25, 0.3) is 0 Å². The van der Waals surface area contributed by atoms with Crippen LogP contribution in [-0.4, -0.2) is 6.61 Å². The molecule has 0 spiro atoms. The molecule has 2 aliphatic carbocycles. The fraction of sp³-hybridized carbons (Fsp3) is 0.680. The van der Waals surface area contributed by atoms with Crippen molar-refractivity contribution in [1.29, 1.82) is 0 Å². The van der Waals surface area contributed by atoms with Gasteiger partial charge in [0, 0.05) is 0 Å². The second-order valence-corrected chi connectivity index (χ2v) is 9.45. The molecule has 3 rings (SSSR count). The molecule has 1 nitrogen and oxygen atoms in total. The van der Waals surface area contributed by atoms with Crippen LogP contribution in [0.15, 0.2) is 29.3 Å². The number of allylic oxidation sites excluding steroid dienone is 1. The van der Waals surface area contributed by atoms with E-state index in [1.165, 1.54) is 57.8 Å². The third-order valence-corrected chi connectivity index (χ3v) is 7.32. The molecular weight excluding hydrogens is 415 g/mol. The van der Waals surface area contributed by atoms with Crippen molar-refractivity contribution in [3.63, 3.8) is 0 Å². The Morgan fingerprint density at radius 1 is 1.04 bits per heavy atom. The minimum atomic E-state index is -0.208. The quantitative estimate of drug-likeness (QED) is 0.388. The van der Waals surface area contributed by atoms with Gasteiger partial charge in [-0.05, 0) is 104 Å². The Hall–Kier alpha value is -0.830. The van der Waals surface area contributed by atoms with Crippen LogP contribution in [0.1, 0.15) is 76.7 Å². The van der Waals surface area contributed by atoms with E-state index in [1.807, 2.05) is 18.0 Å². The van der Waals surface area contributed by atoms with Gasteiger partial charge in [-0.3, -0.25) is 0 Å². The molecule has 2 saturated carbocycles. The average molecular weight is 451 g/mol. The van der Waals surface area contributed by atoms with Crippen LogP contribution in [-0.2, 0) is 6.42 Å². The number of hydrogen-bond donors (Lipinski definition) is 0. The lowest BCUT2D eigenvalue weighted by atomic mass is 9.68. The summed E-state index contributed by atoms with van der Waals surface area (Å²) >= 11 is 3.42. The van der Waals surface area contributed by atoms with Crippen molar-refractivity contribution in [2.75, 3.05) is 6.61 Å². The topological polar surface area (TPSA) is 9.23 Å². The first-order valence-electron chi connectivity index (χ1n) is 11.4. The van der Waals surface area contributed by atoms with Gasteiger partial charge in [-0.15, -0.1) is 0 Å². The summed E-state index contributed by atoms with van der Waals surface area (Å²) in [7, 11) is 0. The van der Waals surface area contributed by atoms with Gasteiger partial charge >= 0.3 is 0 Å². The predicted molar refractivity (Wildman–Crippen MR) is 119 cm³/mol. The highest BCUT2D eigenvalue weighted by Gasteiger charge is 2.30. The first-order chi connectivity index (χ1) is 13.7. The number of aryl methyl sites for hydroxylation is 1. The summed E-state index contributed by atoms with van der Waals surface area (Å²) in [6.45, 7) is 2.61. The third kappa shape index (κ3) is 6.34. The molecule has 0 amide bonds. The molecule has 2 fully saturated rings. The molecule has 156 valence electrons. The first kappa shape index (κ1) is 21.9. The van der Waals surface area contributed by atoms with Gasteiger partial charge < -0.3 is 4.74 Å². The maximum absolute atomic E-state index is 14.1. The maximum atomic E-state index is 14.1. The SMILES string of the molecule is CCCOc1ccc(CCC2CCC(C3CCC(C=CBr)CC3)CC2)cc1F. The Morgan fingerprint density at radius 2 is 1.71 bits per heavy atom. The standard InChI is InChI=1S/C25H36BrFO/c1-2-17-28-25-14-9-21(18-24(25)27)4-3-19-5-10-22(11-6-19)23-12-7-20(8-13-23)15-16-26/h9,14-16,18-20,22-23H,2-8,10-13,17H2,1H3. The fourth-order valence-electron chi connectivity index (χ4n) is 5.26. The van der Waals surface area contributed by atoms with Gasteiger partial charge in [0.2, 0.25) is 0 Å². The van der Waals surface area contributed by atoms with E-state index in [-0.39, 0.29) is 5.82 Å². The largest absolute Gasteiger partial charge is 0.491 e. The summed E-state index contributed by atoms with van der Waals surface area (Å²) in [5.74, 6) is 3.73. The highest BCUT2D eigenvalue weighted by Crippen LogP contribution is 2.42. The van der Waals surface area contributed by atoms with Gasteiger partial charge in [-0.25, -0.2) is 4.39 Å². The number of ether oxygens (including phenoxy) is 1. The van der Waals surface area contributed by atoms with Crippen molar-refractivity contribution < 1.29 is 9.13 Å². The van der Waals surface area contributed by atoms with E-state index in [4.69, 9.17) is 4.74 Å². The minimum Gasteiger partial charge on any atom is -0.491 e. The van der Waals surface area contributed by atoms with E-state index >= 15 is 0 Å². The van der Waals surface area contributed by atoms with Crippen LogP contribution in [0.5, 0.6) is 5.75 Å². The Bertz CT molecular complexity index is 613. The van der Waals surface area contributed by atoms with Crippen LogP contribution in [0.3, 0.4) is 0 Å². The predicted octanol–water partition coefficient (Wildman–Crippen LogP) is 8.07. The molecule has 0 saturated heterocycles. The summed E-state index contributed by atoms with van der Waals surface area (Å²) in [4.78, 5) is 2.04. The van der Waals surface area contributed by atoms with Gasteiger partial charge in [-0.2, -0.15) is 0 Å². The molecular formula is C25H36BrFO. The van der Waals surface area contributed by atoms with Crippen LogP contribution >= 0.6 is 15.9 Å². The van der Waals surface area contributed by atoms with E-state index in [1.54, 1.807) is 12.1 Å². The molecule has 28 heavy (non-hydrogen) atoms. The molecule has 1 aromatic carbocycles. The van der Waals surface area contributed by atoms with Crippen LogP contribution < -0.4 is 4.74 Å². The second-order valence-electron chi connectivity index (χ2n) is 8.93. The summed E-state index contributed by atoms with van der Waals surface area (Å²) < 4.78 is 19.6. The minimum absolute atomic E-state index is 0.208. The third-order valence-electron chi connectivity index (χ3n) is 7.02. The van der Waals surface area contributed by atoms with Crippen molar-refractivity contribution in [3.8, 4) is 5.75 Å². The molecule has 0 aliphatic heterocycles. The monoisotopic (exact) mass is 450 g/mol. The zero-order valence-corrected chi connectivity index (χ0v) is 18.9. The summed E-state index contributed by atoms with van der Waals surface area (Å²) in [5, 5.41) is 0. The lowest BCUT2D eigenvalue weighted by Gasteiger charge is -2.37. The van der Waals surface area contributed by atoms with Gasteiger partial charge in [0.05, 0.1) is 6.61 Å². The smallest absolute Gasteiger partial charge is 0.165 e. The van der Waals surface area contributed by atoms with Gasteiger partial charge in [-0.1, -0.05) is 47.8 Å². The fourth-order valence-corrected chi connectivity index (χ4v) is 5.69. The molecule has 0 radical (unpaired) electrons. The van der Waals surface area contributed by atoms with Crippen molar-refractivity contribution in [2.24, 2.45) is 23.7 Å². The van der Waals surface area contributed by atoms with E-state index in [0.717, 1.165) is 42.1 Å². The van der Waals surface area contributed by atoms with Crippen molar-refractivity contribution in [3.05, 3.63) is 40.6 Å². The normalized spacial score (nSPS) is 28.5. The maximum Gasteiger partial charge on any atom is 0.165 e. The Labute approximate surface area is 179 Å². The molecule has 0 bridgehead atoms. The number of hydrogen-bond acceptors (Lipinski definition) is 1. The number of halogens is 2. The number of benzene rings is 1. The van der Waals surface area contributed by atoms with Crippen LogP contribution in [0, 0.1) is 29.5 Å². The van der Waals surface area contributed by atoms with E-state index < -0.39 is 0 Å². The molecule has 0 unspecified atom stereocenters. The zero-order chi connectivity index (χ0) is 19.8. The van der Waals surface area contributed by atoms with Crippen molar-refractivity contribution in [2.45, 2.75) is 77.6 Å². The summed E-state index contributed by atoms with van der Waals surface area (Å²) in [6, 6.07) is 5.52. The molecule has 2 aliphatic rings. The summed E-state index contributed by atoms with van der Waals surface area (Å²) in [5.41, 5.74) is 1.11. The molecule has 1 aromatic rings. The Balaban J connectivity index is 1.38. The number of rotatable bonds is 8. The first-order valence-corrected chi connectivity index (χ1v) is 12.3. The lowest BCUT2D eigenvalue weighted by Crippen LogP contribution is -2.25.